The lowest BCUT2D eigenvalue weighted by Crippen LogP contribution is -2.29. The third-order valence-corrected chi connectivity index (χ3v) is 3.65. The largest absolute Gasteiger partial charge is 0.426 e. The smallest absolute Gasteiger partial charge is 0.325 e. The summed E-state index contributed by atoms with van der Waals surface area (Å²) >= 11 is 0. The lowest BCUT2D eigenvalue weighted by molar-refractivity contribution is -0.133. The van der Waals surface area contributed by atoms with Gasteiger partial charge in [0.15, 0.2) is 0 Å². The van der Waals surface area contributed by atoms with Gasteiger partial charge in [0, 0.05) is 7.11 Å². The maximum absolute atomic E-state index is 11.6. The van der Waals surface area contributed by atoms with E-state index in [1.165, 1.54) is 25.7 Å². The van der Waals surface area contributed by atoms with E-state index in [0.29, 0.717) is 12.5 Å². The molecule has 0 spiro atoms. The molecular formula is C19H33N3O3. The fraction of sp³-hybridized carbons (Fsp3) is 0.632. The molecule has 1 rings (SSSR count). The molecule has 1 aromatic carbocycles. The van der Waals surface area contributed by atoms with E-state index >= 15 is 0 Å². The molecule has 0 aromatic heterocycles. The van der Waals surface area contributed by atoms with E-state index < -0.39 is 0 Å². The van der Waals surface area contributed by atoms with Gasteiger partial charge in [0.05, 0.1) is 13.3 Å². The zero-order valence-corrected chi connectivity index (χ0v) is 15.4. The number of carbonyl (C=O) groups is 1. The molecule has 0 unspecified atom stereocenters. The summed E-state index contributed by atoms with van der Waals surface area (Å²) in [6.45, 7) is 4.74. The first kappa shape index (κ1) is 21.6. The van der Waals surface area contributed by atoms with Gasteiger partial charge in [-0.25, -0.2) is 0 Å². The van der Waals surface area contributed by atoms with Crippen molar-refractivity contribution < 1.29 is 14.3 Å². The second-order valence-electron chi connectivity index (χ2n) is 5.91. The molecule has 0 atom stereocenters. The van der Waals surface area contributed by atoms with Gasteiger partial charge in [0.2, 0.25) is 0 Å². The summed E-state index contributed by atoms with van der Waals surface area (Å²) in [6, 6.07) is 9.14. The van der Waals surface area contributed by atoms with Crippen molar-refractivity contribution in [1.29, 1.82) is 0 Å². The third-order valence-electron chi connectivity index (χ3n) is 3.65. The minimum Gasteiger partial charge on any atom is -0.426 e. The van der Waals surface area contributed by atoms with Gasteiger partial charge in [-0.05, 0) is 57.6 Å². The van der Waals surface area contributed by atoms with Gasteiger partial charge in [-0.1, -0.05) is 31.0 Å². The van der Waals surface area contributed by atoms with E-state index in [2.05, 4.69) is 16.0 Å². The molecule has 25 heavy (non-hydrogen) atoms. The summed E-state index contributed by atoms with van der Waals surface area (Å²) < 4.78 is 10.1. The Labute approximate surface area is 151 Å². The molecule has 6 heteroatoms. The van der Waals surface area contributed by atoms with Crippen molar-refractivity contribution in [1.82, 2.24) is 16.0 Å². The van der Waals surface area contributed by atoms with Crippen molar-refractivity contribution in [2.75, 3.05) is 46.6 Å². The lowest BCUT2D eigenvalue weighted by Gasteiger charge is -2.07. The van der Waals surface area contributed by atoms with E-state index in [9.17, 15) is 4.79 Å². The summed E-state index contributed by atoms with van der Waals surface area (Å²) in [6.07, 6.45) is 5.92. The van der Waals surface area contributed by atoms with E-state index in [1.807, 2.05) is 18.2 Å². The molecule has 1 aromatic rings. The molecule has 0 bridgehead atoms. The van der Waals surface area contributed by atoms with Gasteiger partial charge in [-0.15, -0.1) is 0 Å². The number of nitrogens with one attached hydrogen (secondary N) is 3. The summed E-state index contributed by atoms with van der Waals surface area (Å²) in [5.41, 5.74) is 0. The summed E-state index contributed by atoms with van der Waals surface area (Å²) in [7, 11) is 1.70. The molecule has 0 fully saturated rings. The topological polar surface area (TPSA) is 71.6 Å². The highest BCUT2D eigenvalue weighted by Gasteiger charge is 2.03. The van der Waals surface area contributed by atoms with Crippen LogP contribution in [0.2, 0.25) is 0 Å². The van der Waals surface area contributed by atoms with Crippen LogP contribution in [0.1, 0.15) is 32.1 Å². The molecule has 0 amide bonds. The number of hydrogen-bond acceptors (Lipinski definition) is 6. The molecule has 0 saturated carbocycles. The zero-order valence-electron chi connectivity index (χ0n) is 15.4. The first-order valence-electron chi connectivity index (χ1n) is 9.19. The number of methoxy groups -OCH3 is 1. The monoisotopic (exact) mass is 351 g/mol. The van der Waals surface area contributed by atoms with Crippen LogP contribution >= 0.6 is 0 Å². The number of benzene rings is 1. The molecule has 0 aliphatic heterocycles. The normalized spacial score (nSPS) is 10.8. The Bertz CT molecular complexity index is 429. The number of esters is 1. The van der Waals surface area contributed by atoms with Crippen molar-refractivity contribution in [2.45, 2.75) is 32.1 Å². The lowest BCUT2D eigenvalue weighted by atomic mass is 10.2. The molecule has 0 aliphatic carbocycles. The van der Waals surface area contributed by atoms with E-state index in [4.69, 9.17) is 9.47 Å². The predicted octanol–water partition coefficient (Wildman–Crippen LogP) is 1.92. The molecule has 0 radical (unpaired) electrons. The zero-order chi connectivity index (χ0) is 18.0. The van der Waals surface area contributed by atoms with Crippen LogP contribution in [0, 0.1) is 0 Å². The number of rotatable bonds is 16. The highest BCUT2D eigenvalue weighted by molar-refractivity contribution is 5.74. The molecule has 0 saturated heterocycles. The van der Waals surface area contributed by atoms with Crippen molar-refractivity contribution in [2.24, 2.45) is 0 Å². The predicted molar refractivity (Wildman–Crippen MR) is 101 cm³/mol. The Morgan fingerprint density at radius 3 is 2.20 bits per heavy atom. The van der Waals surface area contributed by atoms with Gasteiger partial charge in [0.25, 0.3) is 0 Å². The maximum atomic E-state index is 11.6. The minimum absolute atomic E-state index is 0.242. The number of hydrogen-bond donors (Lipinski definition) is 3. The molecule has 3 N–H and O–H groups in total. The summed E-state index contributed by atoms with van der Waals surface area (Å²) in [5, 5.41) is 9.75. The van der Waals surface area contributed by atoms with Crippen molar-refractivity contribution in [3.05, 3.63) is 30.3 Å². The first-order valence-corrected chi connectivity index (χ1v) is 9.19. The summed E-state index contributed by atoms with van der Waals surface area (Å²) in [5.74, 6) is 0.338. The third kappa shape index (κ3) is 13.5. The second kappa shape index (κ2) is 16.0. The Balaban J connectivity index is 1.79. The van der Waals surface area contributed by atoms with Crippen molar-refractivity contribution in [3.63, 3.8) is 0 Å². The average molecular weight is 351 g/mol. The highest BCUT2D eigenvalue weighted by atomic mass is 16.5. The van der Waals surface area contributed by atoms with Crippen LogP contribution in [0.15, 0.2) is 30.3 Å². The van der Waals surface area contributed by atoms with Crippen LogP contribution in [0.3, 0.4) is 0 Å². The molecule has 0 aliphatic rings. The number of ether oxygens (including phenoxy) is 2. The quantitative estimate of drug-likeness (QED) is 0.183. The van der Waals surface area contributed by atoms with Gasteiger partial charge >= 0.3 is 5.97 Å². The van der Waals surface area contributed by atoms with Gasteiger partial charge < -0.3 is 20.1 Å². The van der Waals surface area contributed by atoms with Crippen LogP contribution in [0.25, 0.3) is 0 Å². The molecule has 142 valence electrons. The van der Waals surface area contributed by atoms with Gasteiger partial charge in [-0.3, -0.25) is 10.1 Å². The number of unbranched alkanes of at least 4 members (excludes halogenated alkanes) is 3. The van der Waals surface area contributed by atoms with Crippen LogP contribution in [0.4, 0.5) is 0 Å². The number of carbonyl (C=O) groups excluding carboxylic acids is 1. The van der Waals surface area contributed by atoms with E-state index in [1.54, 1.807) is 19.2 Å². The maximum Gasteiger partial charge on any atom is 0.325 e. The molecular weight excluding hydrogens is 318 g/mol. The minimum atomic E-state index is -0.251. The fourth-order valence-electron chi connectivity index (χ4n) is 2.34. The first-order chi connectivity index (χ1) is 12.3. The molecule has 6 nitrogen and oxygen atoms in total. The molecule has 0 heterocycles. The Morgan fingerprint density at radius 1 is 0.840 bits per heavy atom. The Morgan fingerprint density at radius 2 is 1.48 bits per heavy atom. The van der Waals surface area contributed by atoms with Crippen LogP contribution in [-0.4, -0.2) is 52.5 Å². The highest BCUT2D eigenvalue weighted by Crippen LogP contribution is 2.07. The summed E-state index contributed by atoms with van der Waals surface area (Å²) in [4.78, 5) is 11.6. The Hall–Kier alpha value is -1.47. The SMILES string of the molecule is COCNCCCCCCNCCCNCC(=O)Oc1ccccc1. The van der Waals surface area contributed by atoms with Gasteiger partial charge in [0.1, 0.15) is 5.75 Å². The fourth-order valence-corrected chi connectivity index (χ4v) is 2.34. The van der Waals surface area contributed by atoms with E-state index in [-0.39, 0.29) is 12.5 Å². The van der Waals surface area contributed by atoms with Crippen molar-refractivity contribution in [3.8, 4) is 5.75 Å². The average Bonchev–Trinajstić information content (AvgIpc) is 2.63. The second-order valence-corrected chi connectivity index (χ2v) is 5.91. The number of para-hydroxylation sites is 1. The standard InChI is InChI=1S/C19H33N3O3/c1-24-17-22-13-8-3-2-7-12-20-14-9-15-21-16-19(23)25-18-10-5-4-6-11-18/h4-6,10-11,20-22H,2-3,7-9,12-17H2,1H3. The van der Waals surface area contributed by atoms with Crippen LogP contribution in [-0.2, 0) is 9.53 Å². The van der Waals surface area contributed by atoms with Crippen LogP contribution < -0.4 is 20.7 Å². The van der Waals surface area contributed by atoms with E-state index in [0.717, 1.165) is 32.6 Å². The van der Waals surface area contributed by atoms with Crippen molar-refractivity contribution >= 4 is 5.97 Å². The van der Waals surface area contributed by atoms with Gasteiger partial charge in [-0.2, -0.15) is 0 Å². The van der Waals surface area contributed by atoms with Crippen LogP contribution in [0.5, 0.6) is 5.75 Å². The Kier molecular flexibility index (Phi) is 13.8.